The number of aromatic hydroxyl groups is 1. The van der Waals surface area contributed by atoms with Gasteiger partial charge in [-0.05, 0) is 51.2 Å². The number of phenols is 1. The first-order valence-electron chi connectivity index (χ1n) is 8.62. The summed E-state index contributed by atoms with van der Waals surface area (Å²) < 4.78 is 0. The SMILES string of the molecule is C=C(C)C1CCC(C)=CC1c1c(C)cccc1O.CC.CC. The van der Waals surface area contributed by atoms with Crippen molar-refractivity contribution in [3.8, 4) is 5.75 Å². The zero-order chi connectivity index (χ0) is 17.3. The third-order valence-corrected chi connectivity index (χ3v) is 4.01. The number of phenolic OH excluding ortho intramolecular Hbond substituents is 1. The lowest BCUT2D eigenvalue weighted by molar-refractivity contribution is 0.435. The molecule has 1 aromatic carbocycles. The lowest BCUT2D eigenvalue weighted by Gasteiger charge is -2.31. The monoisotopic (exact) mass is 302 g/mol. The topological polar surface area (TPSA) is 20.2 Å². The van der Waals surface area contributed by atoms with Crippen molar-refractivity contribution in [3.63, 3.8) is 0 Å². The second-order valence-corrected chi connectivity index (χ2v) is 5.54. The predicted molar refractivity (Wildman–Crippen MR) is 99.6 cm³/mol. The van der Waals surface area contributed by atoms with Gasteiger partial charge in [0.1, 0.15) is 5.75 Å². The summed E-state index contributed by atoms with van der Waals surface area (Å²) in [6.07, 6.45) is 4.58. The van der Waals surface area contributed by atoms with Crippen molar-refractivity contribution in [1.82, 2.24) is 0 Å². The Morgan fingerprint density at radius 2 is 1.73 bits per heavy atom. The maximum atomic E-state index is 10.2. The van der Waals surface area contributed by atoms with Crippen molar-refractivity contribution in [2.24, 2.45) is 5.92 Å². The van der Waals surface area contributed by atoms with Gasteiger partial charge in [-0.15, -0.1) is 0 Å². The molecule has 124 valence electrons. The highest BCUT2D eigenvalue weighted by atomic mass is 16.3. The highest BCUT2D eigenvalue weighted by molar-refractivity contribution is 5.45. The molecule has 0 saturated carbocycles. The molecule has 22 heavy (non-hydrogen) atoms. The van der Waals surface area contributed by atoms with Crippen molar-refractivity contribution in [2.75, 3.05) is 0 Å². The summed E-state index contributed by atoms with van der Waals surface area (Å²) in [5.41, 5.74) is 4.87. The quantitative estimate of drug-likeness (QED) is 0.598. The number of hydrogen-bond acceptors (Lipinski definition) is 1. The number of benzene rings is 1. The summed E-state index contributed by atoms with van der Waals surface area (Å²) in [7, 11) is 0. The van der Waals surface area contributed by atoms with Gasteiger partial charge < -0.3 is 5.11 Å². The van der Waals surface area contributed by atoms with Crippen LogP contribution >= 0.6 is 0 Å². The average Bonchev–Trinajstić information content (AvgIpc) is 2.51. The fourth-order valence-electron chi connectivity index (χ4n) is 3.01. The molecule has 2 atom stereocenters. The molecule has 0 heterocycles. The Morgan fingerprint density at radius 3 is 2.23 bits per heavy atom. The highest BCUT2D eigenvalue weighted by Crippen LogP contribution is 2.43. The predicted octanol–water partition coefficient (Wildman–Crippen LogP) is 6.77. The van der Waals surface area contributed by atoms with Gasteiger partial charge >= 0.3 is 0 Å². The summed E-state index contributed by atoms with van der Waals surface area (Å²) in [6.45, 7) is 18.5. The van der Waals surface area contributed by atoms with Gasteiger partial charge in [0, 0.05) is 11.5 Å². The fourth-order valence-corrected chi connectivity index (χ4v) is 3.01. The Hall–Kier alpha value is -1.50. The molecule has 0 fully saturated rings. The minimum Gasteiger partial charge on any atom is -0.508 e. The number of allylic oxidation sites excluding steroid dienone is 3. The zero-order valence-corrected chi connectivity index (χ0v) is 15.5. The summed E-state index contributed by atoms with van der Waals surface area (Å²) in [6, 6.07) is 5.77. The molecular formula is C21H34O. The molecule has 0 amide bonds. The first kappa shape index (κ1) is 20.5. The van der Waals surface area contributed by atoms with E-state index in [9.17, 15) is 5.11 Å². The second-order valence-electron chi connectivity index (χ2n) is 5.54. The number of rotatable bonds is 2. The molecule has 1 N–H and O–H groups in total. The second kappa shape index (κ2) is 10.3. The van der Waals surface area contributed by atoms with E-state index in [0.29, 0.717) is 11.7 Å². The summed E-state index contributed by atoms with van der Waals surface area (Å²) in [5.74, 6) is 1.13. The minimum atomic E-state index is 0.275. The zero-order valence-electron chi connectivity index (χ0n) is 15.5. The highest BCUT2D eigenvalue weighted by Gasteiger charge is 2.28. The molecule has 0 aliphatic heterocycles. The normalized spacial score (nSPS) is 19.9. The van der Waals surface area contributed by atoms with Gasteiger partial charge in [0.15, 0.2) is 0 Å². The van der Waals surface area contributed by atoms with Crippen LogP contribution in [0.3, 0.4) is 0 Å². The molecule has 1 heteroatoms. The molecule has 0 spiro atoms. The Balaban J connectivity index is 0.00000102. The van der Waals surface area contributed by atoms with Crippen LogP contribution in [-0.4, -0.2) is 5.11 Å². The van der Waals surface area contributed by atoms with Crippen LogP contribution in [-0.2, 0) is 0 Å². The van der Waals surface area contributed by atoms with Crippen molar-refractivity contribution in [3.05, 3.63) is 53.1 Å². The van der Waals surface area contributed by atoms with Crippen LogP contribution in [0.15, 0.2) is 42.0 Å². The largest absolute Gasteiger partial charge is 0.508 e. The molecule has 0 radical (unpaired) electrons. The summed E-state index contributed by atoms with van der Waals surface area (Å²) in [5, 5.41) is 10.2. The molecule has 0 bridgehead atoms. The van der Waals surface area contributed by atoms with Gasteiger partial charge in [-0.2, -0.15) is 0 Å². The van der Waals surface area contributed by atoms with Crippen LogP contribution < -0.4 is 0 Å². The Labute approximate surface area is 137 Å². The van der Waals surface area contributed by atoms with Gasteiger partial charge in [-0.3, -0.25) is 0 Å². The van der Waals surface area contributed by atoms with Crippen molar-refractivity contribution in [2.45, 2.75) is 67.2 Å². The third kappa shape index (κ3) is 5.05. The summed E-state index contributed by atoms with van der Waals surface area (Å²) in [4.78, 5) is 0. The van der Waals surface area contributed by atoms with Gasteiger partial charge in [0.2, 0.25) is 0 Å². The van der Waals surface area contributed by atoms with Crippen molar-refractivity contribution < 1.29 is 5.11 Å². The van der Waals surface area contributed by atoms with Crippen molar-refractivity contribution in [1.29, 1.82) is 0 Å². The van der Waals surface area contributed by atoms with Crippen LogP contribution in [0.2, 0.25) is 0 Å². The number of aryl methyl sites for hydroxylation is 1. The lowest BCUT2D eigenvalue weighted by Crippen LogP contribution is -2.17. The molecule has 0 aromatic heterocycles. The average molecular weight is 303 g/mol. The van der Waals surface area contributed by atoms with Crippen LogP contribution in [0.25, 0.3) is 0 Å². The van der Waals surface area contributed by atoms with Crippen LogP contribution in [0.1, 0.15) is 71.4 Å². The van der Waals surface area contributed by atoms with E-state index >= 15 is 0 Å². The standard InChI is InChI=1S/C17H22O.2C2H6/c1-11(2)14-9-8-12(3)10-15(14)17-13(4)6-5-7-16(17)18;2*1-2/h5-7,10,14-15,18H,1,8-9H2,2-4H3;2*1-2H3. The maximum Gasteiger partial charge on any atom is 0.119 e. The van der Waals surface area contributed by atoms with E-state index in [0.717, 1.165) is 24.0 Å². The third-order valence-electron chi connectivity index (χ3n) is 4.01. The molecule has 1 nitrogen and oxygen atoms in total. The van der Waals surface area contributed by atoms with Gasteiger partial charge in [0.05, 0.1) is 0 Å². The Bertz CT molecular complexity index is 476. The molecule has 2 rings (SSSR count). The molecule has 1 aliphatic carbocycles. The van der Waals surface area contributed by atoms with Crippen LogP contribution in [0.4, 0.5) is 0 Å². The lowest BCUT2D eigenvalue weighted by atomic mass is 9.73. The molecule has 0 saturated heterocycles. The Kier molecular flexibility index (Phi) is 9.56. The van der Waals surface area contributed by atoms with E-state index in [2.05, 4.69) is 39.5 Å². The van der Waals surface area contributed by atoms with Crippen molar-refractivity contribution >= 4 is 0 Å². The smallest absolute Gasteiger partial charge is 0.119 e. The summed E-state index contributed by atoms with van der Waals surface area (Å²) >= 11 is 0. The van der Waals surface area contributed by atoms with Crippen LogP contribution in [0.5, 0.6) is 5.75 Å². The molecular weight excluding hydrogens is 268 g/mol. The molecule has 2 unspecified atom stereocenters. The number of hydrogen-bond donors (Lipinski definition) is 1. The molecule has 1 aromatic rings. The first-order chi connectivity index (χ1) is 10.5. The van der Waals surface area contributed by atoms with Gasteiger partial charge in [-0.1, -0.05) is 63.6 Å². The minimum absolute atomic E-state index is 0.275. The Morgan fingerprint density at radius 1 is 1.14 bits per heavy atom. The maximum absolute atomic E-state index is 10.2. The van der Waals surface area contributed by atoms with Crippen LogP contribution in [0, 0.1) is 12.8 Å². The van der Waals surface area contributed by atoms with E-state index in [4.69, 9.17) is 0 Å². The van der Waals surface area contributed by atoms with E-state index in [-0.39, 0.29) is 5.92 Å². The molecule has 1 aliphatic rings. The van der Waals surface area contributed by atoms with E-state index < -0.39 is 0 Å². The van der Waals surface area contributed by atoms with Gasteiger partial charge in [0.25, 0.3) is 0 Å². The first-order valence-corrected chi connectivity index (χ1v) is 8.62. The van der Waals surface area contributed by atoms with E-state index in [1.165, 1.54) is 11.1 Å². The fraction of sp³-hybridized carbons (Fsp3) is 0.524. The van der Waals surface area contributed by atoms with E-state index in [1.807, 2.05) is 33.8 Å². The van der Waals surface area contributed by atoms with Gasteiger partial charge in [-0.25, -0.2) is 0 Å². The van der Waals surface area contributed by atoms with E-state index in [1.54, 1.807) is 6.07 Å².